The van der Waals surface area contributed by atoms with E-state index in [9.17, 15) is 9.59 Å². The molecule has 3 N–H and O–H groups in total. The summed E-state index contributed by atoms with van der Waals surface area (Å²) in [6.45, 7) is 0.987. The molecule has 1 aliphatic rings. The van der Waals surface area contributed by atoms with E-state index in [1.54, 1.807) is 0 Å². The van der Waals surface area contributed by atoms with Crippen molar-refractivity contribution < 1.29 is 14.7 Å². The normalized spacial score (nSPS) is 20.4. The lowest BCUT2D eigenvalue weighted by atomic mass is 10.1. The number of nitrogens with zero attached hydrogens (tertiary/aromatic N) is 2. The zero-order valence-electron chi connectivity index (χ0n) is 8.42. The maximum absolute atomic E-state index is 11.6. The van der Waals surface area contributed by atoms with Gasteiger partial charge >= 0.3 is 5.97 Å². The maximum atomic E-state index is 11.6. The van der Waals surface area contributed by atoms with Crippen molar-refractivity contribution in [1.29, 1.82) is 0 Å². The Morgan fingerprint density at radius 1 is 1.75 bits per heavy atom. The molecule has 0 saturated carbocycles. The van der Waals surface area contributed by atoms with Crippen LogP contribution in [0, 0.1) is 5.92 Å². The van der Waals surface area contributed by atoms with E-state index >= 15 is 0 Å². The number of carbonyl (C=O) groups excluding carboxylic acids is 1. The number of carboxylic acids is 1. The molecule has 2 rings (SSSR count). The van der Waals surface area contributed by atoms with Crippen molar-refractivity contribution in [2.45, 2.75) is 6.42 Å². The fourth-order valence-corrected chi connectivity index (χ4v) is 2.39. The molecule has 1 saturated heterocycles. The fraction of sp³-hybridized carbons (Fsp3) is 0.444. The second-order valence-electron chi connectivity index (χ2n) is 3.62. The van der Waals surface area contributed by atoms with Crippen molar-refractivity contribution in [1.82, 2.24) is 4.98 Å². The number of aromatic nitrogens is 1. The Morgan fingerprint density at radius 2 is 2.50 bits per heavy atom. The van der Waals surface area contributed by atoms with Gasteiger partial charge in [0.15, 0.2) is 5.13 Å². The van der Waals surface area contributed by atoms with Crippen LogP contribution in [0.2, 0.25) is 0 Å². The Hall–Kier alpha value is -1.47. The molecule has 0 aromatic carbocycles. The van der Waals surface area contributed by atoms with Gasteiger partial charge in [0.05, 0.1) is 6.20 Å². The van der Waals surface area contributed by atoms with Crippen molar-refractivity contribution in [3.8, 4) is 0 Å². The highest BCUT2D eigenvalue weighted by Gasteiger charge is 2.31. The Morgan fingerprint density at radius 3 is 3.00 bits per heavy atom. The summed E-state index contributed by atoms with van der Waals surface area (Å²) < 4.78 is 0. The summed E-state index contributed by atoms with van der Waals surface area (Å²) in [5, 5.41) is 9.19. The number of amides is 1. The highest BCUT2D eigenvalue weighted by Crippen LogP contribution is 2.28. The Kier molecular flexibility index (Phi) is 2.88. The first-order chi connectivity index (χ1) is 7.61. The Labute approximate surface area is 95.7 Å². The van der Waals surface area contributed by atoms with E-state index in [2.05, 4.69) is 4.98 Å². The molecular formula is C9H11N3O3S. The molecule has 1 aliphatic heterocycles. The number of thiazole rings is 1. The number of carbonyl (C=O) groups is 2. The zero-order valence-corrected chi connectivity index (χ0v) is 9.24. The highest BCUT2D eigenvalue weighted by molar-refractivity contribution is 7.17. The molecular weight excluding hydrogens is 230 g/mol. The zero-order chi connectivity index (χ0) is 11.7. The lowest BCUT2D eigenvalue weighted by Crippen LogP contribution is -2.25. The van der Waals surface area contributed by atoms with Gasteiger partial charge in [-0.15, -0.1) is 0 Å². The Balaban J connectivity index is 2.18. The Bertz CT molecular complexity index is 431. The van der Waals surface area contributed by atoms with Crippen molar-refractivity contribution >= 4 is 28.3 Å². The molecule has 7 heteroatoms. The number of anilines is 1. The summed E-state index contributed by atoms with van der Waals surface area (Å²) in [4.78, 5) is 27.9. The topological polar surface area (TPSA) is 96.5 Å². The molecule has 86 valence electrons. The number of aromatic carboxylic acids is 1. The van der Waals surface area contributed by atoms with Crippen LogP contribution < -0.4 is 10.6 Å². The molecule has 1 unspecified atom stereocenters. The van der Waals surface area contributed by atoms with Gasteiger partial charge in [0, 0.05) is 13.0 Å². The minimum absolute atomic E-state index is 0.0401. The third-order valence-corrected chi connectivity index (χ3v) is 3.48. The third kappa shape index (κ3) is 1.91. The average Bonchev–Trinajstić information content (AvgIpc) is 2.83. The van der Waals surface area contributed by atoms with Crippen LogP contribution in [0.15, 0.2) is 6.20 Å². The quantitative estimate of drug-likeness (QED) is 0.785. The monoisotopic (exact) mass is 241 g/mol. The van der Waals surface area contributed by atoms with E-state index in [0.29, 0.717) is 24.6 Å². The van der Waals surface area contributed by atoms with Crippen molar-refractivity contribution in [3.63, 3.8) is 0 Å². The summed E-state index contributed by atoms with van der Waals surface area (Å²) in [6.07, 6.45) is 1.68. The van der Waals surface area contributed by atoms with Gasteiger partial charge in [-0.05, 0) is 12.5 Å². The molecule has 1 fully saturated rings. The molecule has 0 bridgehead atoms. The van der Waals surface area contributed by atoms with Crippen LogP contribution in [-0.4, -0.2) is 35.1 Å². The molecule has 1 aromatic rings. The summed E-state index contributed by atoms with van der Waals surface area (Å²) in [7, 11) is 0. The number of carboxylic acid groups (broad SMARTS) is 1. The van der Waals surface area contributed by atoms with Crippen molar-refractivity contribution in [3.05, 3.63) is 11.1 Å². The van der Waals surface area contributed by atoms with E-state index < -0.39 is 5.97 Å². The first-order valence-corrected chi connectivity index (χ1v) is 5.63. The number of rotatable bonds is 3. The van der Waals surface area contributed by atoms with E-state index in [4.69, 9.17) is 10.8 Å². The first-order valence-electron chi connectivity index (χ1n) is 4.81. The predicted molar refractivity (Wildman–Crippen MR) is 58.6 cm³/mol. The average molecular weight is 241 g/mol. The van der Waals surface area contributed by atoms with Crippen LogP contribution in [0.5, 0.6) is 0 Å². The lowest BCUT2D eigenvalue weighted by molar-refractivity contribution is -0.117. The van der Waals surface area contributed by atoms with Crippen LogP contribution in [0.4, 0.5) is 5.13 Å². The van der Waals surface area contributed by atoms with E-state index in [1.165, 1.54) is 11.1 Å². The van der Waals surface area contributed by atoms with Gasteiger partial charge in [-0.2, -0.15) is 0 Å². The van der Waals surface area contributed by atoms with Gasteiger partial charge in [0.2, 0.25) is 5.91 Å². The largest absolute Gasteiger partial charge is 0.477 e. The van der Waals surface area contributed by atoms with Crippen molar-refractivity contribution in [2.24, 2.45) is 11.7 Å². The van der Waals surface area contributed by atoms with Crippen molar-refractivity contribution in [2.75, 3.05) is 18.0 Å². The SMILES string of the molecule is NCC1CC(=O)N(c2ncc(C(=O)O)s2)C1. The summed E-state index contributed by atoms with van der Waals surface area (Å²) in [6, 6.07) is 0. The highest BCUT2D eigenvalue weighted by atomic mass is 32.1. The molecule has 0 spiro atoms. The number of nitrogens with two attached hydrogens (primary N) is 1. The van der Waals surface area contributed by atoms with Gasteiger partial charge in [-0.25, -0.2) is 9.78 Å². The van der Waals surface area contributed by atoms with Gasteiger partial charge in [0.1, 0.15) is 4.88 Å². The smallest absolute Gasteiger partial charge is 0.347 e. The predicted octanol–water partition coefficient (Wildman–Crippen LogP) is 0.153. The standard InChI is InChI=1S/C9H11N3O3S/c10-2-5-1-7(13)12(4-5)9-11-3-6(16-9)8(14)15/h3,5H,1-2,4,10H2,(H,14,15). The van der Waals surface area contributed by atoms with Crippen LogP contribution in [-0.2, 0) is 4.79 Å². The van der Waals surface area contributed by atoms with Crippen LogP contribution in [0.25, 0.3) is 0 Å². The third-order valence-electron chi connectivity index (χ3n) is 2.47. The molecule has 1 atom stereocenters. The van der Waals surface area contributed by atoms with Gasteiger partial charge in [-0.1, -0.05) is 11.3 Å². The summed E-state index contributed by atoms with van der Waals surface area (Å²) in [5.74, 6) is -0.919. The van der Waals surface area contributed by atoms with Crippen LogP contribution >= 0.6 is 11.3 Å². The molecule has 1 amide bonds. The molecule has 1 aromatic heterocycles. The molecule has 2 heterocycles. The minimum Gasteiger partial charge on any atom is -0.477 e. The van der Waals surface area contributed by atoms with E-state index in [0.717, 1.165) is 11.3 Å². The van der Waals surface area contributed by atoms with E-state index in [-0.39, 0.29) is 16.7 Å². The van der Waals surface area contributed by atoms with E-state index in [1.807, 2.05) is 0 Å². The van der Waals surface area contributed by atoms with Gasteiger partial charge < -0.3 is 10.8 Å². The fourth-order valence-electron chi connectivity index (χ4n) is 1.61. The molecule has 0 aliphatic carbocycles. The summed E-state index contributed by atoms with van der Waals surface area (Å²) in [5.41, 5.74) is 5.50. The maximum Gasteiger partial charge on any atom is 0.347 e. The van der Waals surface area contributed by atoms with Gasteiger partial charge in [0.25, 0.3) is 0 Å². The molecule has 6 nitrogen and oxygen atoms in total. The molecule has 0 radical (unpaired) electrons. The summed E-state index contributed by atoms with van der Waals surface area (Å²) >= 11 is 1.01. The number of hydrogen-bond acceptors (Lipinski definition) is 5. The molecule has 16 heavy (non-hydrogen) atoms. The second kappa shape index (κ2) is 4.18. The second-order valence-corrected chi connectivity index (χ2v) is 4.63. The van der Waals surface area contributed by atoms with Crippen LogP contribution in [0.1, 0.15) is 16.1 Å². The van der Waals surface area contributed by atoms with Gasteiger partial charge in [-0.3, -0.25) is 9.69 Å². The minimum atomic E-state index is -1.02. The van der Waals surface area contributed by atoms with Crippen LogP contribution in [0.3, 0.4) is 0 Å². The number of hydrogen-bond donors (Lipinski definition) is 2. The lowest BCUT2D eigenvalue weighted by Gasteiger charge is -2.11. The first kappa shape index (κ1) is 11.0.